The van der Waals surface area contributed by atoms with Gasteiger partial charge in [0.2, 0.25) is 0 Å². The van der Waals surface area contributed by atoms with Crippen LogP contribution in [0.25, 0.3) is 0 Å². The quantitative estimate of drug-likeness (QED) is 0.359. The predicted octanol–water partition coefficient (Wildman–Crippen LogP) is 0.691. The Bertz CT molecular complexity index is 120. The minimum atomic E-state index is 0.740. The molecule has 0 aromatic carbocycles. The zero-order chi connectivity index (χ0) is 6.57. The molecule has 0 rings (SSSR count). The standard InChI is InChI=1S/C5H8NO.Sn/c1-5(2)6-4-7-3;/h1H2,2-3H3;. The first kappa shape index (κ1) is 8.01. The number of allylic oxidation sites excluding steroid dienone is 1. The summed E-state index contributed by atoms with van der Waals surface area (Å²) in [5.41, 5.74) is 0.790. The molecule has 3 radical (unpaired) electrons. The van der Waals surface area contributed by atoms with Crippen molar-refractivity contribution in [3.8, 4) is 0 Å². The van der Waals surface area contributed by atoms with Gasteiger partial charge < -0.3 is 0 Å². The van der Waals surface area contributed by atoms with Crippen LogP contribution in [0.15, 0.2) is 17.3 Å². The molecule has 0 aromatic rings. The van der Waals surface area contributed by atoms with Gasteiger partial charge in [-0.05, 0) is 0 Å². The fourth-order valence-corrected chi connectivity index (χ4v) is 0.764. The van der Waals surface area contributed by atoms with Gasteiger partial charge in [-0.2, -0.15) is 0 Å². The van der Waals surface area contributed by atoms with Crippen molar-refractivity contribution >= 4 is 26.4 Å². The van der Waals surface area contributed by atoms with Crippen LogP contribution in [-0.4, -0.2) is 33.5 Å². The van der Waals surface area contributed by atoms with E-state index in [1.807, 2.05) is 6.92 Å². The molecule has 0 aliphatic carbocycles. The second-order valence-corrected chi connectivity index (χ2v) is 2.58. The van der Waals surface area contributed by atoms with E-state index in [9.17, 15) is 0 Å². The SMILES string of the molecule is C=C(C)N=[C]([Sn])OC. The molecule has 0 saturated carbocycles. The number of ether oxygens (including phenoxy) is 1. The molecular formula is C5H8NOSn. The normalized spacial score (nSPS) is 11.1. The molecule has 0 N–H and O–H groups in total. The maximum absolute atomic E-state index is 4.79. The van der Waals surface area contributed by atoms with Crippen molar-refractivity contribution < 1.29 is 4.74 Å². The first-order valence-corrected chi connectivity index (χ1v) is 3.59. The van der Waals surface area contributed by atoms with E-state index in [0.717, 1.165) is 9.61 Å². The molecule has 0 aromatic heterocycles. The number of rotatable bonds is 1. The molecule has 0 spiro atoms. The van der Waals surface area contributed by atoms with Crippen molar-refractivity contribution in [1.82, 2.24) is 0 Å². The number of nitrogens with zero attached hydrogens (tertiary/aromatic N) is 1. The molecule has 0 amide bonds. The summed E-state index contributed by atoms with van der Waals surface area (Å²) < 4.78 is 5.53. The Labute approximate surface area is 62.7 Å². The average Bonchev–Trinajstić information content (AvgIpc) is 1.65. The molecule has 8 heavy (non-hydrogen) atoms. The Morgan fingerprint density at radius 2 is 2.25 bits per heavy atom. The second kappa shape index (κ2) is 3.95. The van der Waals surface area contributed by atoms with Crippen LogP contribution < -0.4 is 0 Å². The van der Waals surface area contributed by atoms with Gasteiger partial charge in [0, 0.05) is 0 Å². The maximum atomic E-state index is 4.79. The fraction of sp³-hybridized carbons (Fsp3) is 0.400. The Balaban J connectivity index is 3.75. The molecule has 43 valence electrons. The third kappa shape index (κ3) is 4.18. The van der Waals surface area contributed by atoms with Crippen LogP contribution in [0.2, 0.25) is 0 Å². The topological polar surface area (TPSA) is 21.6 Å². The van der Waals surface area contributed by atoms with Gasteiger partial charge in [0.15, 0.2) is 0 Å². The minimum absolute atomic E-state index is 0.740. The monoisotopic (exact) mass is 218 g/mol. The van der Waals surface area contributed by atoms with E-state index in [4.69, 9.17) is 4.74 Å². The Morgan fingerprint density at radius 1 is 1.75 bits per heavy atom. The fourth-order valence-electron chi connectivity index (χ4n) is 0.219. The molecule has 0 atom stereocenters. The van der Waals surface area contributed by atoms with Crippen molar-refractivity contribution in [3.05, 3.63) is 12.3 Å². The summed E-state index contributed by atoms with van der Waals surface area (Å²) in [7, 11) is 1.61. The van der Waals surface area contributed by atoms with Crippen molar-refractivity contribution in [2.45, 2.75) is 6.92 Å². The molecular weight excluding hydrogens is 209 g/mol. The van der Waals surface area contributed by atoms with Gasteiger partial charge in [-0.3, -0.25) is 0 Å². The number of hydrogen-bond acceptors (Lipinski definition) is 2. The molecule has 3 heteroatoms. The zero-order valence-electron chi connectivity index (χ0n) is 5.06. The van der Waals surface area contributed by atoms with Gasteiger partial charge in [0.05, 0.1) is 0 Å². The van der Waals surface area contributed by atoms with Gasteiger partial charge in [0.25, 0.3) is 0 Å². The number of hydrogen-bond donors (Lipinski definition) is 0. The average molecular weight is 217 g/mol. The number of methoxy groups -OCH3 is 1. The Kier molecular flexibility index (Phi) is 3.95. The van der Waals surface area contributed by atoms with E-state index < -0.39 is 0 Å². The van der Waals surface area contributed by atoms with Crippen LogP contribution in [0, 0.1) is 0 Å². The van der Waals surface area contributed by atoms with Gasteiger partial charge in [0.1, 0.15) is 0 Å². The van der Waals surface area contributed by atoms with Gasteiger partial charge in [-0.25, -0.2) is 0 Å². The van der Waals surface area contributed by atoms with Gasteiger partial charge in [-0.15, -0.1) is 0 Å². The summed E-state index contributed by atoms with van der Waals surface area (Å²) in [6, 6.07) is 0. The molecule has 0 saturated heterocycles. The summed E-state index contributed by atoms with van der Waals surface area (Å²) in [6.07, 6.45) is 0. The van der Waals surface area contributed by atoms with E-state index in [2.05, 4.69) is 11.6 Å². The first-order valence-electron chi connectivity index (χ1n) is 2.16. The van der Waals surface area contributed by atoms with E-state index >= 15 is 0 Å². The second-order valence-electron chi connectivity index (χ2n) is 1.36. The first-order chi connectivity index (χ1) is 3.66. The van der Waals surface area contributed by atoms with Crippen molar-refractivity contribution in [1.29, 1.82) is 0 Å². The number of aliphatic imine (C=N–C) groups is 1. The molecule has 0 heterocycles. The van der Waals surface area contributed by atoms with Gasteiger partial charge >= 0.3 is 62.5 Å². The van der Waals surface area contributed by atoms with Gasteiger partial charge in [-0.1, -0.05) is 0 Å². The summed E-state index contributed by atoms with van der Waals surface area (Å²) in [5, 5.41) is 0. The van der Waals surface area contributed by atoms with Crippen LogP contribution in [0.5, 0.6) is 0 Å². The van der Waals surface area contributed by atoms with E-state index in [-0.39, 0.29) is 0 Å². The van der Waals surface area contributed by atoms with E-state index in [0.29, 0.717) is 0 Å². The molecule has 0 bridgehead atoms. The van der Waals surface area contributed by atoms with Crippen LogP contribution in [0.3, 0.4) is 0 Å². The van der Waals surface area contributed by atoms with E-state index in [1.54, 1.807) is 7.11 Å². The zero-order valence-corrected chi connectivity index (χ0v) is 7.92. The van der Waals surface area contributed by atoms with Crippen LogP contribution in [-0.2, 0) is 4.74 Å². The van der Waals surface area contributed by atoms with Crippen LogP contribution in [0.4, 0.5) is 0 Å². The predicted molar refractivity (Wildman–Crippen MR) is 35.0 cm³/mol. The van der Waals surface area contributed by atoms with Crippen LogP contribution >= 0.6 is 0 Å². The summed E-state index contributed by atoms with van der Waals surface area (Å²) in [4.78, 5) is 3.94. The summed E-state index contributed by atoms with van der Waals surface area (Å²) in [6.45, 7) is 5.43. The third-order valence-corrected chi connectivity index (χ3v) is 1.39. The van der Waals surface area contributed by atoms with Crippen LogP contribution in [0.1, 0.15) is 6.92 Å². The van der Waals surface area contributed by atoms with Crippen molar-refractivity contribution in [2.75, 3.05) is 7.11 Å². The Hall–Kier alpha value is 0.00870. The molecule has 0 aliphatic rings. The van der Waals surface area contributed by atoms with Crippen molar-refractivity contribution in [3.63, 3.8) is 0 Å². The molecule has 2 nitrogen and oxygen atoms in total. The Morgan fingerprint density at radius 3 is 2.38 bits per heavy atom. The van der Waals surface area contributed by atoms with Crippen molar-refractivity contribution in [2.24, 2.45) is 4.99 Å². The molecule has 0 aliphatic heterocycles. The van der Waals surface area contributed by atoms with E-state index in [1.165, 1.54) is 22.5 Å². The summed E-state index contributed by atoms with van der Waals surface area (Å²) >= 11 is 1.18. The third-order valence-electron chi connectivity index (χ3n) is 0.486. The molecule has 0 unspecified atom stereocenters. The molecule has 0 fully saturated rings. The summed E-state index contributed by atoms with van der Waals surface area (Å²) in [5.74, 6) is 0.